The van der Waals surface area contributed by atoms with Gasteiger partial charge in [-0.15, -0.1) is 11.6 Å². The molecule has 112 valence electrons. The Balaban J connectivity index is 2.39. The van der Waals surface area contributed by atoms with Crippen LogP contribution in [0.25, 0.3) is 0 Å². The van der Waals surface area contributed by atoms with E-state index < -0.39 is 15.8 Å². The first-order chi connectivity index (χ1) is 9.37. The van der Waals surface area contributed by atoms with Gasteiger partial charge in [-0.05, 0) is 43.9 Å². The van der Waals surface area contributed by atoms with Gasteiger partial charge in [0.2, 0.25) is 10.0 Å². The Morgan fingerprint density at radius 3 is 2.75 bits per heavy atom. The molecule has 0 radical (unpaired) electrons. The van der Waals surface area contributed by atoms with E-state index in [0.717, 1.165) is 12.8 Å². The molecule has 1 fully saturated rings. The average Bonchev–Trinajstić information content (AvgIpc) is 2.42. The molecule has 2 rings (SSSR count). The van der Waals surface area contributed by atoms with Gasteiger partial charge in [-0.3, -0.25) is 0 Å². The predicted octanol–water partition coefficient (Wildman–Crippen LogP) is 3.37. The van der Waals surface area contributed by atoms with Gasteiger partial charge in [0.1, 0.15) is 5.82 Å². The van der Waals surface area contributed by atoms with Gasteiger partial charge in [-0.2, -0.15) is 4.31 Å². The summed E-state index contributed by atoms with van der Waals surface area (Å²) in [5.41, 5.74) is 0.213. The van der Waals surface area contributed by atoms with Crippen LogP contribution in [0.5, 0.6) is 0 Å². The molecule has 2 atom stereocenters. The van der Waals surface area contributed by atoms with Crippen LogP contribution in [0.15, 0.2) is 23.1 Å². The zero-order valence-corrected chi connectivity index (χ0v) is 13.2. The minimum absolute atomic E-state index is 0.0405. The fourth-order valence-electron chi connectivity index (χ4n) is 2.59. The molecule has 0 amide bonds. The van der Waals surface area contributed by atoms with E-state index in [-0.39, 0.29) is 22.4 Å². The van der Waals surface area contributed by atoms with E-state index in [4.69, 9.17) is 11.6 Å². The molecule has 1 saturated heterocycles. The van der Waals surface area contributed by atoms with E-state index in [2.05, 4.69) is 6.92 Å². The lowest BCUT2D eigenvalue weighted by atomic mass is 9.94. The van der Waals surface area contributed by atoms with Crippen molar-refractivity contribution in [2.45, 2.75) is 43.5 Å². The molecule has 6 heteroatoms. The third-order valence-corrected chi connectivity index (χ3v) is 6.35. The van der Waals surface area contributed by atoms with Gasteiger partial charge in [-0.25, -0.2) is 12.8 Å². The summed E-state index contributed by atoms with van der Waals surface area (Å²) in [7, 11) is -3.59. The Bertz CT molecular complexity index is 591. The molecule has 1 aromatic rings. The predicted molar refractivity (Wildman–Crippen MR) is 77.7 cm³/mol. The average molecular weight is 320 g/mol. The van der Waals surface area contributed by atoms with E-state index in [1.165, 1.54) is 22.5 Å². The fraction of sp³-hybridized carbons (Fsp3) is 0.571. The van der Waals surface area contributed by atoms with Gasteiger partial charge < -0.3 is 0 Å². The minimum Gasteiger partial charge on any atom is -0.207 e. The Morgan fingerprint density at radius 2 is 2.10 bits per heavy atom. The summed E-state index contributed by atoms with van der Waals surface area (Å²) < 4.78 is 40.3. The number of piperidine rings is 1. The van der Waals surface area contributed by atoms with Crippen LogP contribution in [0, 0.1) is 11.7 Å². The van der Waals surface area contributed by atoms with E-state index >= 15 is 0 Å². The fourth-order valence-corrected chi connectivity index (χ4v) is 4.61. The summed E-state index contributed by atoms with van der Waals surface area (Å²) in [5, 5.41) is 0. The summed E-state index contributed by atoms with van der Waals surface area (Å²) in [5.74, 6) is -0.188. The first-order valence-electron chi connectivity index (χ1n) is 6.74. The number of nitrogens with zero attached hydrogens (tertiary/aromatic N) is 1. The van der Waals surface area contributed by atoms with Crippen molar-refractivity contribution in [1.29, 1.82) is 0 Å². The molecule has 3 nitrogen and oxygen atoms in total. The summed E-state index contributed by atoms with van der Waals surface area (Å²) in [4.78, 5) is 0.121. The molecule has 20 heavy (non-hydrogen) atoms. The summed E-state index contributed by atoms with van der Waals surface area (Å²) in [6.07, 6.45) is 1.89. The molecular formula is C14H19ClFNO2S. The molecular weight excluding hydrogens is 301 g/mol. The van der Waals surface area contributed by atoms with Gasteiger partial charge in [0.05, 0.1) is 10.8 Å². The van der Waals surface area contributed by atoms with Crippen LogP contribution in [-0.4, -0.2) is 25.3 Å². The first-order valence-corrected chi connectivity index (χ1v) is 8.71. The van der Waals surface area contributed by atoms with Crippen LogP contribution >= 0.6 is 11.6 Å². The number of hydrogen-bond acceptors (Lipinski definition) is 2. The highest BCUT2D eigenvalue weighted by Gasteiger charge is 2.34. The topological polar surface area (TPSA) is 37.4 Å². The second-order valence-electron chi connectivity index (χ2n) is 5.36. The number of alkyl halides is 1. The number of sulfonamides is 1. The summed E-state index contributed by atoms with van der Waals surface area (Å²) in [6, 6.07) is 3.78. The molecule has 1 aromatic carbocycles. The smallest absolute Gasteiger partial charge is 0.207 e. The van der Waals surface area contributed by atoms with E-state index in [0.29, 0.717) is 12.5 Å². The second-order valence-corrected chi connectivity index (χ2v) is 7.52. The Hall–Kier alpha value is -0.650. The molecule has 0 aliphatic carbocycles. The van der Waals surface area contributed by atoms with Crippen molar-refractivity contribution in [3.05, 3.63) is 29.6 Å². The third-order valence-electron chi connectivity index (χ3n) is 4.08. The quantitative estimate of drug-likeness (QED) is 0.801. The van der Waals surface area contributed by atoms with Crippen molar-refractivity contribution in [2.24, 2.45) is 5.92 Å². The van der Waals surface area contributed by atoms with Crippen molar-refractivity contribution in [1.82, 2.24) is 4.31 Å². The molecule has 0 bridgehead atoms. The highest BCUT2D eigenvalue weighted by molar-refractivity contribution is 7.89. The lowest BCUT2D eigenvalue weighted by Gasteiger charge is -2.36. The Morgan fingerprint density at radius 1 is 1.40 bits per heavy atom. The van der Waals surface area contributed by atoms with Crippen LogP contribution < -0.4 is 0 Å². The van der Waals surface area contributed by atoms with Gasteiger partial charge in [0.25, 0.3) is 0 Å². The third kappa shape index (κ3) is 2.85. The van der Waals surface area contributed by atoms with Crippen LogP contribution in [0.1, 0.15) is 32.3 Å². The van der Waals surface area contributed by atoms with Crippen LogP contribution in [0.3, 0.4) is 0 Å². The van der Waals surface area contributed by atoms with Gasteiger partial charge in [0.15, 0.2) is 0 Å². The summed E-state index contributed by atoms with van der Waals surface area (Å²) in [6.45, 7) is 4.50. The van der Waals surface area contributed by atoms with E-state index in [9.17, 15) is 12.8 Å². The lowest BCUT2D eigenvalue weighted by molar-refractivity contribution is 0.202. The number of halogens is 2. The first kappa shape index (κ1) is 15.7. The van der Waals surface area contributed by atoms with Gasteiger partial charge in [-0.1, -0.05) is 6.92 Å². The zero-order valence-electron chi connectivity index (χ0n) is 11.6. The SMILES string of the molecule is CC1CCCN(S(=O)(=O)c2ccc(F)c(CCl)c2)C1C. The summed E-state index contributed by atoms with van der Waals surface area (Å²) >= 11 is 5.64. The minimum atomic E-state index is -3.59. The molecule has 0 N–H and O–H groups in total. The lowest BCUT2D eigenvalue weighted by Crippen LogP contribution is -2.45. The number of rotatable bonds is 3. The van der Waals surface area contributed by atoms with Crippen LogP contribution in [0.4, 0.5) is 4.39 Å². The van der Waals surface area contributed by atoms with Gasteiger partial charge in [0, 0.05) is 18.2 Å². The van der Waals surface area contributed by atoms with Crippen molar-refractivity contribution in [3.63, 3.8) is 0 Å². The Labute approximate surface area is 124 Å². The maximum absolute atomic E-state index is 13.4. The largest absolute Gasteiger partial charge is 0.243 e. The maximum atomic E-state index is 13.4. The second kappa shape index (κ2) is 6.00. The van der Waals surface area contributed by atoms with E-state index in [1.807, 2.05) is 6.92 Å². The molecule has 1 heterocycles. The van der Waals surface area contributed by atoms with E-state index in [1.54, 1.807) is 0 Å². The number of hydrogen-bond donors (Lipinski definition) is 0. The van der Waals surface area contributed by atoms with Crippen LogP contribution in [0.2, 0.25) is 0 Å². The molecule has 2 unspecified atom stereocenters. The molecule has 0 spiro atoms. The van der Waals surface area contributed by atoms with Crippen LogP contribution in [-0.2, 0) is 15.9 Å². The molecule has 0 aromatic heterocycles. The van der Waals surface area contributed by atoms with Crippen molar-refractivity contribution >= 4 is 21.6 Å². The molecule has 0 saturated carbocycles. The number of benzene rings is 1. The highest BCUT2D eigenvalue weighted by Crippen LogP contribution is 2.29. The monoisotopic (exact) mass is 319 g/mol. The molecule has 1 aliphatic rings. The van der Waals surface area contributed by atoms with Gasteiger partial charge >= 0.3 is 0 Å². The highest BCUT2D eigenvalue weighted by atomic mass is 35.5. The normalized spacial score (nSPS) is 24.8. The molecule has 1 aliphatic heterocycles. The maximum Gasteiger partial charge on any atom is 0.243 e. The standard InChI is InChI=1S/C14H19ClFNO2S/c1-10-4-3-7-17(11(10)2)20(18,19)13-5-6-14(16)12(8-13)9-15/h5-6,8,10-11H,3-4,7,9H2,1-2H3. The van der Waals surface area contributed by atoms with Crippen molar-refractivity contribution < 1.29 is 12.8 Å². The zero-order chi connectivity index (χ0) is 14.9. The Kier molecular flexibility index (Phi) is 4.72. The van der Waals surface area contributed by atoms with Crippen molar-refractivity contribution in [2.75, 3.05) is 6.54 Å². The van der Waals surface area contributed by atoms with Crippen molar-refractivity contribution in [3.8, 4) is 0 Å².